The standard InChI is InChI=1S/C10H13BrN4S/c1-15-6-13-5-9(15)8(14-12)4-7-2-3-10(11)16-7/h2-3,5-6,8,14H,4,12H2,1H3. The molecule has 2 aromatic heterocycles. The van der Waals surface area contributed by atoms with E-state index in [9.17, 15) is 0 Å². The van der Waals surface area contributed by atoms with Crippen molar-refractivity contribution in [2.24, 2.45) is 12.9 Å². The largest absolute Gasteiger partial charge is 0.336 e. The van der Waals surface area contributed by atoms with Gasteiger partial charge in [-0.15, -0.1) is 11.3 Å². The highest BCUT2D eigenvalue weighted by molar-refractivity contribution is 9.11. The molecule has 2 aromatic rings. The second-order valence-electron chi connectivity index (χ2n) is 3.56. The highest BCUT2D eigenvalue weighted by Gasteiger charge is 2.14. The number of nitrogens with two attached hydrogens (primary N) is 1. The average Bonchev–Trinajstić information content (AvgIpc) is 2.84. The fourth-order valence-electron chi connectivity index (χ4n) is 1.61. The zero-order valence-electron chi connectivity index (χ0n) is 8.85. The summed E-state index contributed by atoms with van der Waals surface area (Å²) in [4.78, 5) is 5.39. The Kier molecular flexibility index (Phi) is 3.75. The monoisotopic (exact) mass is 300 g/mol. The molecule has 1 atom stereocenters. The Balaban J connectivity index is 2.15. The predicted octanol–water partition coefficient (Wildman–Crippen LogP) is 1.99. The van der Waals surface area contributed by atoms with Gasteiger partial charge in [0.05, 0.1) is 21.8 Å². The van der Waals surface area contributed by atoms with E-state index in [4.69, 9.17) is 5.84 Å². The molecule has 0 aliphatic heterocycles. The molecule has 0 amide bonds. The lowest BCUT2D eigenvalue weighted by Crippen LogP contribution is -2.30. The van der Waals surface area contributed by atoms with Crippen LogP contribution in [0.2, 0.25) is 0 Å². The van der Waals surface area contributed by atoms with Gasteiger partial charge in [0.15, 0.2) is 0 Å². The van der Waals surface area contributed by atoms with Crippen molar-refractivity contribution in [3.63, 3.8) is 0 Å². The molecule has 0 fully saturated rings. The molecule has 4 nitrogen and oxygen atoms in total. The summed E-state index contributed by atoms with van der Waals surface area (Å²) in [6.07, 6.45) is 4.49. The number of imidazole rings is 1. The van der Waals surface area contributed by atoms with Crippen LogP contribution in [-0.2, 0) is 13.5 Å². The number of thiophene rings is 1. The molecule has 2 rings (SSSR count). The summed E-state index contributed by atoms with van der Waals surface area (Å²) in [5, 5.41) is 0. The Labute approximate surface area is 107 Å². The van der Waals surface area contributed by atoms with Crippen molar-refractivity contribution in [2.45, 2.75) is 12.5 Å². The first kappa shape index (κ1) is 11.8. The molecule has 3 N–H and O–H groups in total. The first-order valence-corrected chi connectivity index (χ1v) is 6.48. The molecule has 0 saturated heterocycles. The number of hydrazine groups is 1. The van der Waals surface area contributed by atoms with Gasteiger partial charge in [0.25, 0.3) is 0 Å². The summed E-state index contributed by atoms with van der Waals surface area (Å²) >= 11 is 5.18. The minimum Gasteiger partial charge on any atom is -0.336 e. The van der Waals surface area contributed by atoms with E-state index < -0.39 is 0 Å². The van der Waals surface area contributed by atoms with E-state index in [-0.39, 0.29) is 6.04 Å². The highest BCUT2D eigenvalue weighted by atomic mass is 79.9. The number of halogens is 1. The van der Waals surface area contributed by atoms with Crippen molar-refractivity contribution in [1.82, 2.24) is 15.0 Å². The minimum atomic E-state index is 0.0954. The van der Waals surface area contributed by atoms with Crippen molar-refractivity contribution in [1.29, 1.82) is 0 Å². The van der Waals surface area contributed by atoms with Crippen molar-refractivity contribution in [3.05, 3.63) is 39.0 Å². The van der Waals surface area contributed by atoms with E-state index in [1.165, 1.54) is 4.88 Å². The molecule has 0 aliphatic rings. The van der Waals surface area contributed by atoms with E-state index in [2.05, 4.69) is 38.5 Å². The van der Waals surface area contributed by atoms with Gasteiger partial charge in [-0.05, 0) is 28.1 Å². The van der Waals surface area contributed by atoms with Crippen LogP contribution < -0.4 is 11.3 Å². The van der Waals surface area contributed by atoms with Crippen molar-refractivity contribution in [3.8, 4) is 0 Å². The number of aromatic nitrogens is 2. The third-order valence-electron chi connectivity index (χ3n) is 2.45. The zero-order valence-corrected chi connectivity index (χ0v) is 11.3. The number of rotatable bonds is 4. The van der Waals surface area contributed by atoms with Crippen LogP contribution in [0.3, 0.4) is 0 Å². The SMILES string of the molecule is Cn1cncc1C(Cc1ccc(Br)s1)NN. The minimum absolute atomic E-state index is 0.0954. The topological polar surface area (TPSA) is 55.9 Å². The summed E-state index contributed by atoms with van der Waals surface area (Å²) < 4.78 is 3.12. The second-order valence-corrected chi connectivity index (χ2v) is 6.11. The fourth-order valence-corrected chi connectivity index (χ4v) is 3.14. The lowest BCUT2D eigenvalue weighted by Gasteiger charge is -2.15. The summed E-state index contributed by atoms with van der Waals surface area (Å²) in [6, 6.07) is 4.25. The number of hydrogen-bond acceptors (Lipinski definition) is 4. The lowest BCUT2D eigenvalue weighted by atomic mass is 10.1. The van der Waals surface area contributed by atoms with Crippen molar-refractivity contribution >= 4 is 27.3 Å². The van der Waals surface area contributed by atoms with Gasteiger partial charge in [-0.25, -0.2) is 4.98 Å². The average molecular weight is 301 g/mol. The van der Waals surface area contributed by atoms with Crippen molar-refractivity contribution < 1.29 is 0 Å². The number of nitrogens with zero attached hydrogens (tertiary/aromatic N) is 2. The van der Waals surface area contributed by atoms with Crippen LogP contribution in [-0.4, -0.2) is 9.55 Å². The first-order chi connectivity index (χ1) is 7.70. The lowest BCUT2D eigenvalue weighted by molar-refractivity contribution is 0.525. The Morgan fingerprint density at radius 1 is 1.62 bits per heavy atom. The van der Waals surface area contributed by atoms with Gasteiger partial charge in [-0.1, -0.05) is 0 Å². The predicted molar refractivity (Wildman–Crippen MR) is 69.0 cm³/mol. The van der Waals surface area contributed by atoms with Crippen LogP contribution in [0.15, 0.2) is 28.4 Å². The van der Waals surface area contributed by atoms with Crippen LogP contribution >= 0.6 is 27.3 Å². The van der Waals surface area contributed by atoms with Crippen molar-refractivity contribution in [2.75, 3.05) is 0 Å². The Hall–Kier alpha value is -0.690. The van der Waals surface area contributed by atoms with Crippen LogP contribution in [0.5, 0.6) is 0 Å². The summed E-state index contributed by atoms with van der Waals surface area (Å²) in [5.74, 6) is 5.59. The van der Waals surface area contributed by atoms with Gasteiger partial charge >= 0.3 is 0 Å². The van der Waals surface area contributed by atoms with Gasteiger partial charge in [-0.3, -0.25) is 11.3 Å². The van der Waals surface area contributed by atoms with Gasteiger partial charge in [0.2, 0.25) is 0 Å². The van der Waals surface area contributed by atoms with E-state index in [1.807, 2.05) is 17.8 Å². The Morgan fingerprint density at radius 2 is 2.44 bits per heavy atom. The van der Waals surface area contributed by atoms with E-state index >= 15 is 0 Å². The van der Waals surface area contributed by atoms with Crippen LogP contribution in [0.4, 0.5) is 0 Å². The molecule has 0 aliphatic carbocycles. The van der Waals surface area contributed by atoms with E-state index in [0.717, 1.165) is 15.9 Å². The smallest absolute Gasteiger partial charge is 0.0946 e. The van der Waals surface area contributed by atoms with Gasteiger partial charge in [0.1, 0.15) is 0 Å². The Morgan fingerprint density at radius 3 is 2.94 bits per heavy atom. The summed E-state index contributed by atoms with van der Waals surface area (Å²) in [7, 11) is 1.97. The third kappa shape index (κ3) is 2.52. The van der Waals surface area contributed by atoms with Gasteiger partial charge < -0.3 is 4.57 Å². The second kappa shape index (κ2) is 5.09. The molecule has 0 aromatic carbocycles. The molecule has 6 heteroatoms. The number of nitrogens with one attached hydrogen (secondary N) is 1. The molecule has 86 valence electrons. The molecule has 0 saturated carbocycles. The normalized spacial score (nSPS) is 12.9. The zero-order chi connectivity index (χ0) is 11.5. The molecule has 2 heterocycles. The maximum atomic E-state index is 5.59. The number of aryl methyl sites for hydroxylation is 1. The molecular formula is C10H13BrN4S. The molecule has 16 heavy (non-hydrogen) atoms. The van der Waals surface area contributed by atoms with E-state index in [1.54, 1.807) is 17.7 Å². The van der Waals surface area contributed by atoms with Crippen LogP contribution in [0.25, 0.3) is 0 Å². The van der Waals surface area contributed by atoms with Gasteiger partial charge in [0, 0.05) is 24.5 Å². The number of hydrogen-bond donors (Lipinski definition) is 2. The highest BCUT2D eigenvalue weighted by Crippen LogP contribution is 2.26. The van der Waals surface area contributed by atoms with Crippen LogP contribution in [0.1, 0.15) is 16.6 Å². The van der Waals surface area contributed by atoms with E-state index in [0.29, 0.717) is 0 Å². The molecular weight excluding hydrogens is 288 g/mol. The Bertz CT molecular complexity index is 465. The quantitative estimate of drug-likeness (QED) is 0.671. The molecule has 0 radical (unpaired) electrons. The third-order valence-corrected chi connectivity index (χ3v) is 4.09. The van der Waals surface area contributed by atoms with Crippen LogP contribution in [0, 0.1) is 0 Å². The maximum Gasteiger partial charge on any atom is 0.0946 e. The molecule has 0 spiro atoms. The van der Waals surface area contributed by atoms with Gasteiger partial charge in [-0.2, -0.15) is 0 Å². The summed E-state index contributed by atoms with van der Waals surface area (Å²) in [5.41, 5.74) is 3.92. The molecule has 0 bridgehead atoms. The first-order valence-electron chi connectivity index (χ1n) is 4.87. The fraction of sp³-hybridized carbons (Fsp3) is 0.300. The summed E-state index contributed by atoms with van der Waals surface area (Å²) in [6.45, 7) is 0. The molecule has 1 unspecified atom stereocenters. The maximum absolute atomic E-state index is 5.59.